The highest BCUT2D eigenvalue weighted by atomic mass is 16.5. The molecule has 0 heterocycles. The third kappa shape index (κ3) is 4.09. The lowest BCUT2D eigenvalue weighted by Crippen LogP contribution is -2.56. The van der Waals surface area contributed by atoms with Crippen molar-refractivity contribution in [2.45, 2.75) is 149 Å². The molecule has 45 heavy (non-hydrogen) atoms. The minimum absolute atomic E-state index is 0.0379. The predicted octanol–water partition coefficient (Wildman–Crippen LogP) is 8.10. The first-order valence-corrected chi connectivity index (χ1v) is 19.1. The summed E-state index contributed by atoms with van der Waals surface area (Å²) in [5.74, 6) is 2.59. The minimum Gasteiger partial charge on any atom is -0.462 e. The van der Waals surface area contributed by atoms with E-state index in [0.29, 0.717) is 29.6 Å². The summed E-state index contributed by atoms with van der Waals surface area (Å²) in [4.78, 5) is 38.6. The third-order valence-electron chi connectivity index (χ3n) is 17.8. The van der Waals surface area contributed by atoms with Gasteiger partial charge in [0.2, 0.25) is 0 Å². The summed E-state index contributed by atoms with van der Waals surface area (Å²) >= 11 is 0. The molecule has 0 radical (unpaired) electrons. The number of aldehydes is 2. The Hall–Kier alpha value is -1.23. The molecule has 0 aromatic carbocycles. The summed E-state index contributed by atoms with van der Waals surface area (Å²) in [6.45, 7) is 9.56. The van der Waals surface area contributed by atoms with Gasteiger partial charge in [-0.15, -0.1) is 0 Å². The van der Waals surface area contributed by atoms with Gasteiger partial charge in [0.25, 0.3) is 0 Å². The molecule has 8 fully saturated rings. The fourth-order valence-corrected chi connectivity index (χ4v) is 16.2. The van der Waals surface area contributed by atoms with Crippen molar-refractivity contribution in [3.63, 3.8) is 0 Å². The van der Waals surface area contributed by atoms with Crippen molar-refractivity contribution in [1.29, 1.82) is 0 Å². The molecule has 0 saturated heterocycles. The second-order valence-electron chi connectivity index (χ2n) is 19.7. The van der Waals surface area contributed by atoms with Crippen molar-refractivity contribution in [3.8, 4) is 0 Å². The molecule has 2 spiro atoms. The number of ether oxygens (including phenoxy) is 1. The molecule has 4 bridgehead atoms. The van der Waals surface area contributed by atoms with E-state index in [9.17, 15) is 19.5 Å². The van der Waals surface area contributed by atoms with Gasteiger partial charge >= 0.3 is 5.97 Å². The summed E-state index contributed by atoms with van der Waals surface area (Å²) in [6, 6.07) is 0. The third-order valence-corrected chi connectivity index (χ3v) is 17.8. The Morgan fingerprint density at radius 1 is 0.689 bits per heavy atom. The van der Waals surface area contributed by atoms with Crippen LogP contribution < -0.4 is 0 Å². The van der Waals surface area contributed by atoms with Gasteiger partial charge < -0.3 is 19.4 Å². The lowest BCUT2D eigenvalue weighted by Gasteiger charge is -2.63. The van der Waals surface area contributed by atoms with E-state index < -0.39 is 5.60 Å². The van der Waals surface area contributed by atoms with Crippen LogP contribution in [0.1, 0.15) is 143 Å². The molecule has 8 aliphatic rings. The molecule has 0 aromatic heterocycles. The van der Waals surface area contributed by atoms with Gasteiger partial charge in [0.05, 0.1) is 5.92 Å². The van der Waals surface area contributed by atoms with E-state index in [1.165, 1.54) is 31.8 Å². The maximum Gasteiger partial charge on any atom is 0.309 e. The van der Waals surface area contributed by atoms with E-state index in [1.54, 1.807) is 0 Å². The van der Waals surface area contributed by atoms with Crippen LogP contribution in [0, 0.1) is 73.9 Å². The van der Waals surface area contributed by atoms with Gasteiger partial charge in [-0.1, -0.05) is 40.5 Å². The zero-order chi connectivity index (χ0) is 31.7. The van der Waals surface area contributed by atoms with Crippen molar-refractivity contribution < 1.29 is 24.2 Å². The first kappa shape index (κ1) is 31.1. The zero-order valence-electron chi connectivity index (χ0n) is 28.7. The van der Waals surface area contributed by atoms with Gasteiger partial charge in [-0.3, -0.25) is 4.79 Å². The first-order valence-electron chi connectivity index (χ1n) is 19.1. The minimum atomic E-state index is -0.919. The van der Waals surface area contributed by atoms with Crippen LogP contribution in [0.25, 0.3) is 0 Å². The van der Waals surface area contributed by atoms with Crippen LogP contribution in [0.2, 0.25) is 0 Å². The Kier molecular flexibility index (Phi) is 6.84. The normalized spacial score (nSPS) is 57.9. The summed E-state index contributed by atoms with van der Waals surface area (Å²) in [6.07, 6.45) is 22.1. The maximum atomic E-state index is 14.0. The standard InChI is InChI=1S/C40H60O5/c1-34(23-41)13-5-15-36(3)29(34)11-17-38-19-26(7-9-31(36)38)28(21-38)33(43)45-25-40(44)22-39-18-12-30-35(2,24-42)14-6-16-37(30,4)32(39)10-8-27(40)20-39/h23-24,26-32,44H,5-22,25H2,1-4H3/t26-,27+,28-,29-,30-,31+,32+,34+,35+,36-,37-,38-,39-,40-/m1/s1. The summed E-state index contributed by atoms with van der Waals surface area (Å²) < 4.78 is 6.27. The van der Waals surface area contributed by atoms with Crippen molar-refractivity contribution in [1.82, 2.24) is 0 Å². The van der Waals surface area contributed by atoms with Crippen LogP contribution in [-0.4, -0.2) is 35.9 Å². The second-order valence-corrected chi connectivity index (χ2v) is 19.7. The number of carbonyl (C=O) groups excluding carboxylic acids is 3. The van der Waals surface area contributed by atoms with E-state index in [-0.39, 0.29) is 56.9 Å². The van der Waals surface area contributed by atoms with Gasteiger partial charge in [0.15, 0.2) is 0 Å². The summed E-state index contributed by atoms with van der Waals surface area (Å²) in [7, 11) is 0. The quantitative estimate of drug-likeness (QED) is 0.248. The molecule has 1 N–H and O–H groups in total. The van der Waals surface area contributed by atoms with E-state index >= 15 is 0 Å². The Labute approximate surface area is 271 Å². The highest BCUT2D eigenvalue weighted by Gasteiger charge is 2.69. The predicted molar refractivity (Wildman–Crippen MR) is 173 cm³/mol. The lowest BCUT2D eigenvalue weighted by molar-refractivity contribution is -0.162. The van der Waals surface area contributed by atoms with E-state index in [2.05, 4.69) is 27.7 Å². The highest BCUT2D eigenvalue weighted by molar-refractivity contribution is 5.73. The highest BCUT2D eigenvalue weighted by Crippen LogP contribution is 2.74. The Morgan fingerprint density at radius 2 is 1.27 bits per heavy atom. The molecule has 250 valence electrons. The molecule has 5 nitrogen and oxygen atoms in total. The van der Waals surface area contributed by atoms with Crippen LogP contribution in [0.5, 0.6) is 0 Å². The molecular formula is C40H60O5. The Morgan fingerprint density at radius 3 is 1.89 bits per heavy atom. The molecule has 8 rings (SSSR count). The van der Waals surface area contributed by atoms with Gasteiger partial charge in [0, 0.05) is 10.8 Å². The number of hydrogen-bond donors (Lipinski definition) is 1. The zero-order valence-corrected chi connectivity index (χ0v) is 28.7. The number of esters is 1. The fraction of sp³-hybridized carbons (Fsp3) is 0.925. The van der Waals surface area contributed by atoms with Crippen molar-refractivity contribution >= 4 is 18.5 Å². The molecule has 0 unspecified atom stereocenters. The van der Waals surface area contributed by atoms with Gasteiger partial charge in [0.1, 0.15) is 24.8 Å². The topological polar surface area (TPSA) is 80.7 Å². The van der Waals surface area contributed by atoms with E-state index in [4.69, 9.17) is 4.74 Å². The molecule has 0 aromatic rings. The average molecular weight is 621 g/mol. The van der Waals surface area contributed by atoms with Crippen LogP contribution in [-0.2, 0) is 19.1 Å². The van der Waals surface area contributed by atoms with Crippen LogP contribution in [0.15, 0.2) is 0 Å². The van der Waals surface area contributed by atoms with Crippen molar-refractivity contribution in [3.05, 3.63) is 0 Å². The van der Waals surface area contributed by atoms with E-state index in [1.807, 2.05) is 0 Å². The lowest BCUT2D eigenvalue weighted by atomic mass is 9.41. The number of carbonyl (C=O) groups is 3. The maximum absolute atomic E-state index is 14.0. The van der Waals surface area contributed by atoms with E-state index in [0.717, 1.165) is 96.3 Å². The first-order chi connectivity index (χ1) is 21.3. The van der Waals surface area contributed by atoms with Crippen molar-refractivity contribution in [2.75, 3.05) is 6.61 Å². The molecule has 14 atom stereocenters. The Bertz CT molecular complexity index is 1260. The summed E-state index contributed by atoms with van der Waals surface area (Å²) in [5.41, 5.74) is -0.635. The number of hydrogen-bond acceptors (Lipinski definition) is 5. The molecule has 0 aliphatic heterocycles. The van der Waals surface area contributed by atoms with Crippen LogP contribution in [0.3, 0.4) is 0 Å². The largest absolute Gasteiger partial charge is 0.462 e. The van der Waals surface area contributed by atoms with Gasteiger partial charge in [-0.2, -0.15) is 0 Å². The average Bonchev–Trinajstić information content (AvgIpc) is 3.40. The number of rotatable bonds is 5. The SMILES string of the molecule is C[C@@]12CCC[C@@](C)(C=O)[C@H]1CC[C@]13C[C@@H](CC[C@H]12)[C@H](C(=O)OC[C@]1(O)C[C@]24CC[C@H]5[C@@](C)(CCC[C@@]5(C)C=O)[C@@H]2CC[C@H]1C4)C3. The monoisotopic (exact) mass is 620 g/mol. The number of aliphatic hydroxyl groups is 1. The molecular weight excluding hydrogens is 560 g/mol. The number of fused-ring (bicyclic) bond motifs is 6. The molecule has 8 saturated carbocycles. The van der Waals surface area contributed by atoms with Gasteiger partial charge in [-0.05, 0) is 160 Å². The molecule has 5 heteroatoms. The van der Waals surface area contributed by atoms with Crippen molar-refractivity contribution in [2.24, 2.45) is 73.9 Å². The molecule has 8 aliphatic carbocycles. The smallest absolute Gasteiger partial charge is 0.309 e. The van der Waals surface area contributed by atoms with Gasteiger partial charge in [-0.25, -0.2) is 0 Å². The fourth-order valence-electron chi connectivity index (χ4n) is 16.2. The van der Waals surface area contributed by atoms with Crippen LogP contribution in [0.4, 0.5) is 0 Å². The van der Waals surface area contributed by atoms with Crippen LogP contribution >= 0.6 is 0 Å². The molecule has 0 amide bonds. The summed E-state index contributed by atoms with van der Waals surface area (Å²) in [5, 5.41) is 12.3. The second kappa shape index (κ2) is 9.91. The Balaban J connectivity index is 0.962.